The van der Waals surface area contributed by atoms with Gasteiger partial charge in [0, 0.05) is 32.4 Å². The van der Waals surface area contributed by atoms with Gasteiger partial charge in [-0.1, -0.05) is 0 Å². The van der Waals surface area contributed by atoms with Gasteiger partial charge in [0.2, 0.25) is 0 Å². The zero-order chi connectivity index (χ0) is 15.8. The van der Waals surface area contributed by atoms with Crippen molar-refractivity contribution in [1.29, 1.82) is 0 Å². The molecule has 0 radical (unpaired) electrons. The number of hydrogen-bond acceptors (Lipinski definition) is 5. The Hall–Kier alpha value is -1.73. The quantitative estimate of drug-likeness (QED) is 0.737. The molecule has 1 aromatic rings. The summed E-state index contributed by atoms with van der Waals surface area (Å²) >= 11 is 0. The first-order valence-corrected chi connectivity index (χ1v) is 7.00. The topological polar surface area (TPSA) is 84.7 Å². The predicted octanol–water partition coefficient (Wildman–Crippen LogP) is 0.123. The average Bonchev–Trinajstić information content (AvgIpc) is 2.46. The van der Waals surface area contributed by atoms with Gasteiger partial charge in [0.1, 0.15) is 5.69 Å². The molecule has 1 aromatic heterocycles. The van der Waals surface area contributed by atoms with Crippen LogP contribution in [0.4, 0.5) is 0 Å². The predicted molar refractivity (Wildman–Crippen MR) is 78.2 cm³/mol. The number of ether oxygens (including phenoxy) is 1. The van der Waals surface area contributed by atoms with Gasteiger partial charge in [0.05, 0.1) is 13.2 Å². The van der Waals surface area contributed by atoms with E-state index in [0.29, 0.717) is 26.1 Å². The van der Waals surface area contributed by atoms with Crippen molar-refractivity contribution >= 4 is 5.91 Å². The maximum Gasteiger partial charge on any atom is 0.274 e. The summed E-state index contributed by atoms with van der Waals surface area (Å²) in [7, 11) is 1.54. The third kappa shape index (κ3) is 4.95. The lowest BCUT2D eigenvalue weighted by Gasteiger charge is -2.26. The van der Waals surface area contributed by atoms with E-state index in [1.165, 1.54) is 23.9 Å². The lowest BCUT2D eigenvalue weighted by Crippen LogP contribution is -2.39. The minimum absolute atomic E-state index is 0.00907. The normalized spacial score (nSPS) is 10.9. The van der Waals surface area contributed by atoms with E-state index in [-0.39, 0.29) is 29.8 Å². The molecule has 0 unspecified atom stereocenters. The molecule has 0 atom stereocenters. The maximum atomic E-state index is 12.5. The highest BCUT2D eigenvalue weighted by Gasteiger charge is 2.20. The summed E-state index contributed by atoms with van der Waals surface area (Å²) in [5, 5.41) is 13.0. The standard InChI is InChI=1S/C14H23N3O4/c1-11(2)16(7-4-9-18)14(20)12-5-6-13(19)17(15-12)8-10-21-3/h5-6,11,18H,4,7-10H2,1-3H3. The summed E-state index contributed by atoms with van der Waals surface area (Å²) in [5.41, 5.74) is -0.0487. The Kier molecular flexibility index (Phi) is 7.04. The van der Waals surface area contributed by atoms with Crippen LogP contribution in [0, 0.1) is 0 Å². The van der Waals surface area contributed by atoms with Gasteiger partial charge in [-0.25, -0.2) is 4.68 Å². The van der Waals surface area contributed by atoms with Gasteiger partial charge < -0.3 is 14.7 Å². The monoisotopic (exact) mass is 297 g/mol. The van der Waals surface area contributed by atoms with Crippen molar-refractivity contribution in [3.8, 4) is 0 Å². The van der Waals surface area contributed by atoms with Crippen LogP contribution >= 0.6 is 0 Å². The molecule has 0 saturated heterocycles. The van der Waals surface area contributed by atoms with Crippen molar-refractivity contribution in [3.63, 3.8) is 0 Å². The Bertz CT molecular complexity index is 513. The zero-order valence-corrected chi connectivity index (χ0v) is 12.8. The third-order valence-electron chi connectivity index (χ3n) is 3.03. The second-order valence-corrected chi connectivity index (χ2v) is 4.94. The molecule has 0 aliphatic heterocycles. The second kappa shape index (κ2) is 8.53. The molecule has 0 spiro atoms. The first-order chi connectivity index (χ1) is 10.0. The van der Waals surface area contributed by atoms with E-state index >= 15 is 0 Å². The highest BCUT2D eigenvalue weighted by Crippen LogP contribution is 2.06. The minimum Gasteiger partial charge on any atom is -0.396 e. The molecule has 0 aliphatic carbocycles. The number of methoxy groups -OCH3 is 1. The van der Waals surface area contributed by atoms with E-state index in [9.17, 15) is 9.59 Å². The Morgan fingerprint density at radius 3 is 2.76 bits per heavy atom. The number of rotatable bonds is 8. The van der Waals surface area contributed by atoms with Crippen LogP contribution in [0.5, 0.6) is 0 Å². The number of aromatic nitrogens is 2. The zero-order valence-electron chi connectivity index (χ0n) is 12.8. The molecule has 0 aliphatic rings. The van der Waals surface area contributed by atoms with Gasteiger partial charge in [0.15, 0.2) is 0 Å². The van der Waals surface area contributed by atoms with Crippen LogP contribution in [0.1, 0.15) is 30.8 Å². The Morgan fingerprint density at radius 1 is 1.48 bits per heavy atom. The maximum absolute atomic E-state index is 12.5. The molecule has 1 amide bonds. The van der Waals surface area contributed by atoms with Crippen molar-refractivity contribution in [2.75, 3.05) is 26.9 Å². The molecule has 1 N–H and O–H groups in total. The van der Waals surface area contributed by atoms with Crippen molar-refractivity contribution in [1.82, 2.24) is 14.7 Å². The number of aliphatic hydroxyl groups is 1. The highest BCUT2D eigenvalue weighted by atomic mass is 16.5. The summed E-state index contributed by atoms with van der Waals surface area (Å²) in [4.78, 5) is 25.8. The van der Waals surface area contributed by atoms with Crippen molar-refractivity contribution in [2.45, 2.75) is 32.9 Å². The SMILES string of the molecule is COCCn1nc(C(=O)N(CCCO)C(C)C)ccc1=O. The molecule has 1 heterocycles. The molecule has 0 fully saturated rings. The van der Waals surface area contributed by atoms with Gasteiger partial charge in [-0.3, -0.25) is 9.59 Å². The molecule has 0 saturated carbocycles. The van der Waals surface area contributed by atoms with Gasteiger partial charge in [-0.15, -0.1) is 0 Å². The van der Waals surface area contributed by atoms with Gasteiger partial charge in [-0.05, 0) is 26.3 Å². The minimum atomic E-state index is -0.268. The van der Waals surface area contributed by atoms with Gasteiger partial charge in [-0.2, -0.15) is 5.10 Å². The molecule has 7 heteroatoms. The number of amides is 1. The summed E-state index contributed by atoms with van der Waals surface area (Å²) in [6, 6.07) is 2.76. The van der Waals surface area contributed by atoms with E-state index in [1.54, 1.807) is 4.90 Å². The smallest absolute Gasteiger partial charge is 0.274 e. The van der Waals surface area contributed by atoms with Gasteiger partial charge >= 0.3 is 0 Å². The molecule has 0 bridgehead atoms. The molecule has 0 aromatic carbocycles. The first kappa shape index (κ1) is 17.3. The van der Waals surface area contributed by atoms with E-state index in [0.717, 1.165) is 0 Å². The van der Waals surface area contributed by atoms with Crippen molar-refractivity contribution in [2.24, 2.45) is 0 Å². The lowest BCUT2D eigenvalue weighted by molar-refractivity contribution is 0.0683. The van der Waals surface area contributed by atoms with Crippen LogP contribution in [0.15, 0.2) is 16.9 Å². The number of aliphatic hydroxyl groups excluding tert-OH is 1. The van der Waals surface area contributed by atoms with E-state index in [1.807, 2.05) is 13.8 Å². The summed E-state index contributed by atoms with van der Waals surface area (Å²) in [6.07, 6.45) is 0.507. The average molecular weight is 297 g/mol. The molecule has 7 nitrogen and oxygen atoms in total. The molecule has 118 valence electrons. The van der Waals surface area contributed by atoms with Crippen LogP contribution in [-0.4, -0.2) is 58.6 Å². The fourth-order valence-electron chi connectivity index (χ4n) is 1.88. The fraction of sp³-hybridized carbons (Fsp3) is 0.643. The van der Waals surface area contributed by atoms with Gasteiger partial charge in [0.25, 0.3) is 11.5 Å². The van der Waals surface area contributed by atoms with E-state index in [2.05, 4.69) is 5.10 Å². The molecule has 1 rings (SSSR count). The van der Waals surface area contributed by atoms with Crippen LogP contribution < -0.4 is 5.56 Å². The molecular formula is C14H23N3O4. The summed E-state index contributed by atoms with van der Waals surface area (Å²) in [6.45, 7) is 4.92. The number of nitrogens with zero attached hydrogens (tertiary/aromatic N) is 3. The van der Waals surface area contributed by atoms with Crippen LogP contribution in [0.25, 0.3) is 0 Å². The third-order valence-corrected chi connectivity index (χ3v) is 3.03. The Balaban J connectivity index is 2.96. The first-order valence-electron chi connectivity index (χ1n) is 7.00. The Morgan fingerprint density at radius 2 is 2.19 bits per heavy atom. The molecule has 21 heavy (non-hydrogen) atoms. The summed E-state index contributed by atoms with van der Waals surface area (Å²) < 4.78 is 6.14. The summed E-state index contributed by atoms with van der Waals surface area (Å²) in [5.74, 6) is -0.246. The lowest BCUT2D eigenvalue weighted by atomic mass is 10.2. The highest BCUT2D eigenvalue weighted by molar-refractivity contribution is 5.92. The number of carbonyl (C=O) groups excluding carboxylic acids is 1. The van der Waals surface area contributed by atoms with Crippen molar-refractivity contribution in [3.05, 3.63) is 28.2 Å². The molecular weight excluding hydrogens is 274 g/mol. The van der Waals surface area contributed by atoms with Crippen LogP contribution in [-0.2, 0) is 11.3 Å². The number of carbonyl (C=O) groups is 1. The van der Waals surface area contributed by atoms with Crippen LogP contribution in [0.2, 0.25) is 0 Å². The van der Waals surface area contributed by atoms with E-state index in [4.69, 9.17) is 9.84 Å². The Labute approximate surface area is 124 Å². The van der Waals surface area contributed by atoms with E-state index < -0.39 is 0 Å². The van der Waals surface area contributed by atoms with Crippen molar-refractivity contribution < 1.29 is 14.6 Å². The fourth-order valence-corrected chi connectivity index (χ4v) is 1.88. The number of hydrogen-bond donors (Lipinski definition) is 1. The second-order valence-electron chi connectivity index (χ2n) is 4.94. The largest absolute Gasteiger partial charge is 0.396 e. The van der Waals surface area contributed by atoms with Crippen LogP contribution in [0.3, 0.4) is 0 Å².